The number of aliphatic hydroxyl groups excluding tert-OH is 1. The largest absolute Gasteiger partial charge is 0.481 e. The van der Waals surface area contributed by atoms with Gasteiger partial charge in [0, 0.05) is 13.0 Å². The van der Waals surface area contributed by atoms with E-state index >= 15 is 0 Å². The lowest BCUT2D eigenvalue weighted by atomic mass is 9.97. The molecule has 1 amide bonds. The van der Waals surface area contributed by atoms with E-state index in [1.54, 1.807) is 11.8 Å². The molecule has 0 aliphatic carbocycles. The summed E-state index contributed by atoms with van der Waals surface area (Å²) in [6.45, 7) is 2.31. The van der Waals surface area contributed by atoms with E-state index in [-0.39, 0.29) is 24.8 Å². The molecule has 0 bridgehead atoms. The summed E-state index contributed by atoms with van der Waals surface area (Å²) < 4.78 is 0. The van der Waals surface area contributed by atoms with Gasteiger partial charge in [0.1, 0.15) is 0 Å². The fourth-order valence-corrected chi connectivity index (χ4v) is 2.13. The third-order valence-corrected chi connectivity index (χ3v) is 2.98. The number of carbonyl (C=O) groups is 2. The van der Waals surface area contributed by atoms with Crippen LogP contribution in [0.2, 0.25) is 0 Å². The van der Waals surface area contributed by atoms with Crippen LogP contribution in [0.25, 0.3) is 0 Å². The number of likely N-dealkylation sites (tertiary alicyclic amines) is 1. The zero-order valence-corrected chi connectivity index (χ0v) is 9.56. The molecule has 0 aromatic rings. The first-order valence-electron chi connectivity index (χ1n) is 5.71. The molecule has 1 heterocycles. The number of carboxylic acid groups (broad SMARTS) is 1. The van der Waals surface area contributed by atoms with Crippen molar-refractivity contribution in [2.45, 2.75) is 51.2 Å². The summed E-state index contributed by atoms with van der Waals surface area (Å²) in [4.78, 5) is 23.8. The van der Waals surface area contributed by atoms with Crippen LogP contribution in [0, 0.1) is 0 Å². The van der Waals surface area contributed by atoms with Gasteiger partial charge < -0.3 is 15.1 Å². The maximum atomic E-state index is 11.8. The SMILES string of the molecule is C[C@H](O)[C@@H]1CCCCN1C(=O)CCC(=O)O. The van der Waals surface area contributed by atoms with Gasteiger partial charge in [-0.15, -0.1) is 0 Å². The Labute approximate surface area is 95.1 Å². The average molecular weight is 229 g/mol. The van der Waals surface area contributed by atoms with E-state index in [0.29, 0.717) is 6.54 Å². The van der Waals surface area contributed by atoms with Crippen molar-refractivity contribution >= 4 is 11.9 Å². The summed E-state index contributed by atoms with van der Waals surface area (Å²) in [5.74, 6) is -1.12. The zero-order chi connectivity index (χ0) is 12.1. The molecule has 1 fully saturated rings. The number of aliphatic hydroxyl groups is 1. The Morgan fingerprint density at radius 2 is 2.06 bits per heavy atom. The zero-order valence-electron chi connectivity index (χ0n) is 9.56. The van der Waals surface area contributed by atoms with E-state index in [1.807, 2.05) is 0 Å². The molecule has 0 spiro atoms. The van der Waals surface area contributed by atoms with Crippen LogP contribution in [-0.4, -0.2) is 45.7 Å². The molecule has 0 aromatic carbocycles. The lowest BCUT2D eigenvalue weighted by Gasteiger charge is -2.37. The smallest absolute Gasteiger partial charge is 0.303 e. The van der Waals surface area contributed by atoms with Crippen LogP contribution < -0.4 is 0 Å². The second-order valence-corrected chi connectivity index (χ2v) is 4.28. The molecule has 1 rings (SSSR count). The predicted molar refractivity (Wildman–Crippen MR) is 57.9 cm³/mol. The van der Waals surface area contributed by atoms with Crippen molar-refractivity contribution in [2.75, 3.05) is 6.54 Å². The summed E-state index contributed by atoms with van der Waals surface area (Å²) in [5.41, 5.74) is 0. The van der Waals surface area contributed by atoms with E-state index in [9.17, 15) is 14.7 Å². The number of carbonyl (C=O) groups excluding carboxylic acids is 1. The second-order valence-electron chi connectivity index (χ2n) is 4.28. The summed E-state index contributed by atoms with van der Waals surface area (Å²) >= 11 is 0. The van der Waals surface area contributed by atoms with Gasteiger partial charge in [-0.25, -0.2) is 0 Å². The molecule has 2 N–H and O–H groups in total. The van der Waals surface area contributed by atoms with Crippen LogP contribution in [0.4, 0.5) is 0 Å². The van der Waals surface area contributed by atoms with Crippen LogP contribution in [0.3, 0.4) is 0 Å². The molecule has 16 heavy (non-hydrogen) atoms. The molecule has 1 saturated heterocycles. The molecule has 2 atom stereocenters. The molecule has 5 heteroatoms. The predicted octanol–water partition coefficient (Wildman–Crippen LogP) is 0.613. The molecular formula is C11H19NO4. The van der Waals surface area contributed by atoms with Crippen LogP contribution in [0.15, 0.2) is 0 Å². The average Bonchev–Trinajstić information content (AvgIpc) is 2.25. The van der Waals surface area contributed by atoms with Gasteiger partial charge in [-0.3, -0.25) is 9.59 Å². The summed E-state index contributed by atoms with van der Waals surface area (Å²) in [6, 6.07) is -0.143. The fraction of sp³-hybridized carbons (Fsp3) is 0.818. The molecular weight excluding hydrogens is 210 g/mol. The Hall–Kier alpha value is -1.10. The summed E-state index contributed by atoms with van der Waals surface area (Å²) in [7, 11) is 0. The van der Waals surface area contributed by atoms with E-state index in [0.717, 1.165) is 19.3 Å². The standard InChI is InChI=1S/C11H19NO4/c1-8(13)9-4-2-3-7-12(9)10(14)5-6-11(15)16/h8-9,13H,2-7H2,1H3,(H,15,16)/t8-,9-/m0/s1. The number of hydrogen-bond donors (Lipinski definition) is 2. The minimum Gasteiger partial charge on any atom is -0.481 e. The first-order valence-corrected chi connectivity index (χ1v) is 5.71. The van der Waals surface area contributed by atoms with Crippen LogP contribution >= 0.6 is 0 Å². The van der Waals surface area contributed by atoms with Crippen molar-refractivity contribution in [1.29, 1.82) is 0 Å². The number of hydrogen-bond acceptors (Lipinski definition) is 3. The fourth-order valence-electron chi connectivity index (χ4n) is 2.13. The normalized spacial score (nSPS) is 22.9. The van der Waals surface area contributed by atoms with Gasteiger partial charge >= 0.3 is 5.97 Å². The Balaban J connectivity index is 2.53. The highest BCUT2D eigenvalue weighted by atomic mass is 16.4. The topological polar surface area (TPSA) is 77.8 Å². The molecule has 1 aliphatic heterocycles. The Kier molecular flexibility index (Phi) is 4.73. The highest BCUT2D eigenvalue weighted by molar-refractivity contribution is 5.81. The third kappa shape index (κ3) is 3.48. The lowest BCUT2D eigenvalue weighted by Crippen LogP contribution is -2.48. The number of nitrogens with zero attached hydrogens (tertiary/aromatic N) is 1. The molecule has 0 saturated carbocycles. The quantitative estimate of drug-likeness (QED) is 0.740. The van der Waals surface area contributed by atoms with E-state index in [4.69, 9.17) is 5.11 Å². The van der Waals surface area contributed by atoms with Crippen molar-refractivity contribution in [3.8, 4) is 0 Å². The monoisotopic (exact) mass is 229 g/mol. The minimum atomic E-state index is -0.959. The van der Waals surface area contributed by atoms with Crippen molar-refractivity contribution in [2.24, 2.45) is 0 Å². The van der Waals surface area contributed by atoms with Crippen molar-refractivity contribution in [3.05, 3.63) is 0 Å². The number of carboxylic acids is 1. The summed E-state index contributed by atoms with van der Waals surface area (Å²) in [5, 5.41) is 18.1. The number of amides is 1. The Bertz CT molecular complexity index is 265. The van der Waals surface area contributed by atoms with E-state index in [2.05, 4.69) is 0 Å². The maximum absolute atomic E-state index is 11.8. The van der Waals surface area contributed by atoms with Gasteiger partial charge in [0.25, 0.3) is 0 Å². The van der Waals surface area contributed by atoms with Crippen molar-refractivity contribution < 1.29 is 19.8 Å². The highest BCUT2D eigenvalue weighted by Crippen LogP contribution is 2.20. The van der Waals surface area contributed by atoms with Crippen molar-refractivity contribution in [1.82, 2.24) is 4.90 Å². The summed E-state index contributed by atoms with van der Waals surface area (Å²) in [6.07, 6.45) is 2.09. The Morgan fingerprint density at radius 1 is 1.38 bits per heavy atom. The number of piperidine rings is 1. The van der Waals surface area contributed by atoms with Gasteiger partial charge in [-0.1, -0.05) is 0 Å². The van der Waals surface area contributed by atoms with E-state index < -0.39 is 12.1 Å². The van der Waals surface area contributed by atoms with Crippen LogP contribution in [0.5, 0.6) is 0 Å². The molecule has 92 valence electrons. The molecule has 0 radical (unpaired) electrons. The lowest BCUT2D eigenvalue weighted by molar-refractivity contribution is -0.143. The van der Waals surface area contributed by atoms with Crippen LogP contribution in [0.1, 0.15) is 39.0 Å². The van der Waals surface area contributed by atoms with Crippen molar-refractivity contribution in [3.63, 3.8) is 0 Å². The maximum Gasteiger partial charge on any atom is 0.303 e. The third-order valence-electron chi connectivity index (χ3n) is 2.98. The Morgan fingerprint density at radius 3 is 2.62 bits per heavy atom. The van der Waals surface area contributed by atoms with Gasteiger partial charge in [0.15, 0.2) is 0 Å². The van der Waals surface area contributed by atoms with Crippen LogP contribution in [-0.2, 0) is 9.59 Å². The van der Waals surface area contributed by atoms with Gasteiger partial charge in [-0.05, 0) is 26.2 Å². The molecule has 0 unspecified atom stereocenters. The first kappa shape index (κ1) is 13.0. The number of aliphatic carboxylic acids is 1. The molecule has 0 aromatic heterocycles. The van der Waals surface area contributed by atoms with E-state index in [1.165, 1.54) is 0 Å². The highest BCUT2D eigenvalue weighted by Gasteiger charge is 2.29. The second kappa shape index (κ2) is 5.84. The minimum absolute atomic E-state index is 0.0263. The van der Waals surface area contributed by atoms with Gasteiger partial charge in [-0.2, -0.15) is 0 Å². The van der Waals surface area contributed by atoms with Gasteiger partial charge in [0.05, 0.1) is 18.6 Å². The van der Waals surface area contributed by atoms with Gasteiger partial charge in [0.2, 0.25) is 5.91 Å². The molecule has 1 aliphatic rings. The number of rotatable bonds is 4. The first-order chi connectivity index (χ1) is 7.52. The molecule has 5 nitrogen and oxygen atoms in total.